The van der Waals surface area contributed by atoms with Crippen molar-refractivity contribution in [2.45, 2.75) is 31.0 Å². The summed E-state index contributed by atoms with van der Waals surface area (Å²) < 4.78 is 43.5. The molecule has 0 atom stereocenters. The van der Waals surface area contributed by atoms with E-state index in [1.165, 1.54) is 6.20 Å². The number of ether oxygens (including phenoxy) is 1. The molecule has 36 heavy (non-hydrogen) atoms. The van der Waals surface area contributed by atoms with Crippen molar-refractivity contribution in [1.29, 1.82) is 10.8 Å². The number of anilines is 2. The van der Waals surface area contributed by atoms with Gasteiger partial charge in [-0.15, -0.1) is 0 Å². The highest BCUT2D eigenvalue weighted by molar-refractivity contribution is 8.26. The number of rotatable bonds is 4. The first kappa shape index (κ1) is 25.5. The van der Waals surface area contributed by atoms with Gasteiger partial charge in [-0.25, -0.2) is 9.97 Å². The minimum atomic E-state index is -4.45. The molecule has 5 N–H and O–H groups in total. The fraction of sp³-hybridized carbons (Fsp3) is 0.409. The summed E-state index contributed by atoms with van der Waals surface area (Å²) >= 11 is 0.816. The van der Waals surface area contributed by atoms with E-state index in [1.807, 2.05) is 0 Å². The number of amidine groups is 2. The molecule has 1 aromatic heterocycles. The maximum Gasteiger partial charge on any atom is 0.405 e. The molecular formula is C22H25F3N8O2S. The van der Waals surface area contributed by atoms with Crippen LogP contribution in [0.5, 0.6) is 5.75 Å². The van der Waals surface area contributed by atoms with E-state index in [9.17, 15) is 18.0 Å². The molecule has 192 valence electrons. The highest BCUT2D eigenvalue weighted by atomic mass is 32.2. The molecule has 1 spiro atoms. The Bertz CT molecular complexity index is 1170. The van der Waals surface area contributed by atoms with E-state index >= 15 is 0 Å². The second kappa shape index (κ2) is 9.84. The second-order valence-corrected chi connectivity index (χ2v) is 9.50. The van der Waals surface area contributed by atoms with Gasteiger partial charge in [-0.2, -0.15) is 13.2 Å². The van der Waals surface area contributed by atoms with Gasteiger partial charge in [0.05, 0.1) is 24.8 Å². The van der Waals surface area contributed by atoms with Gasteiger partial charge in [-0.05, 0) is 48.9 Å². The van der Waals surface area contributed by atoms with Crippen LogP contribution in [0.25, 0.3) is 0 Å². The maximum atomic E-state index is 14.0. The van der Waals surface area contributed by atoms with E-state index in [4.69, 9.17) is 21.3 Å². The van der Waals surface area contributed by atoms with Gasteiger partial charge in [0, 0.05) is 30.5 Å². The number of nitrogens with one attached hydrogen (secondary N) is 3. The number of piperidine rings is 1. The lowest BCUT2D eigenvalue weighted by molar-refractivity contribution is -0.126. The van der Waals surface area contributed by atoms with Crippen molar-refractivity contribution in [2.75, 3.05) is 37.0 Å². The molecule has 1 saturated heterocycles. The molecular weight excluding hydrogens is 497 g/mol. The van der Waals surface area contributed by atoms with Gasteiger partial charge in [0.25, 0.3) is 0 Å². The van der Waals surface area contributed by atoms with Gasteiger partial charge in [-0.1, -0.05) is 0 Å². The highest BCUT2D eigenvalue weighted by Gasteiger charge is 2.51. The number of hydrogen-bond donors (Lipinski definition) is 4. The number of halogens is 3. The number of amides is 1. The van der Waals surface area contributed by atoms with Crippen LogP contribution in [0.3, 0.4) is 0 Å². The van der Waals surface area contributed by atoms with Gasteiger partial charge < -0.3 is 25.6 Å². The van der Waals surface area contributed by atoms with E-state index < -0.39 is 18.1 Å². The molecule has 10 nitrogen and oxygen atoms in total. The quantitative estimate of drug-likeness (QED) is 0.354. The summed E-state index contributed by atoms with van der Waals surface area (Å²) in [7, 11) is 1.55. The smallest absolute Gasteiger partial charge is 0.405 e. The van der Waals surface area contributed by atoms with Crippen molar-refractivity contribution in [3.05, 3.63) is 41.7 Å². The number of fused-ring (bicyclic) bond motifs is 2. The highest BCUT2D eigenvalue weighted by Crippen LogP contribution is 2.44. The fourth-order valence-electron chi connectivity index (χ4n) is 4.48. The first-order chi connectivity index (χ1) is 17.0. The zero-order chi connectivity index (χ0) is 26.1. The van der Waals surface area contributed by atoms with Gasteiger partial charge in [0.1, 0.15) is 12.3 Å². The predicted molar refractivity (Wildman–Crippen MR) is 130 cm³/mol. The average molecular weight is 523 g/mol. The van der Waals surface area contributed by atoms with Crippen LogP contribution >= 0.6 is 11.8 Å². The minimum Gasteiger partial charge on any atom is -0.497 e. The molecule has 1 fully saturated rings. The zero-order valence-electron chi connectivity index (χ0n) is 19.4. The number of nitrogens with two attached hydrogens (primary N) is 1. The topological polar surface area (TPSA) is 144 Å². The van der Waals surface area contributed by atoms with E-state index in [0.29, 0.717) is 35.8 Å². The Hall–Kier alpha value is -3.55. The number of aromatic nitrogens is 2. The summed E-state index contributed by atoms with van der Waals surface area (Å²) in [6, 6.07) is 7.02. The van der Waals surface area contributed by atoms with Crippen LogP contribution in [0.4, 0.5) is 24.8 Å². The normalized spacial score (nSPS) is 17.1. The first-order valence-electron chi connectivity index (χ1n) is 11.0. The van der Waals surface area contributed by atoms with Crippen molar-refractivity contribution in [1.82, 2.24) is 14.9 Å². The third-order valence-corrected chi connectivity index (χ3v) is 6.91. The maximum absolute atomic E-state index is 14.0. The van der Waals surface area contributed by atoms with E-state index in [1.54, 1.807) is 41.2 Å². The van der Waals surface area contributed by atoms with Crippen LogP contribution < -0.4 is 20.7 Å². The number of alkyl halides is 3. The molecule has 0 bridgehead atoms. The minimum absolute atomic E-state index is 0.100. The Morgan fingerprint density at radius 1 is 1.25 bits per heavy atom. The summed E-state index contributed by atoms with van der Waals surface area (Å²) in [6.07, 6.45) is -2.42. The first-order valence-corrected chi connectivity index (χ1v) is 11.8. The third kappa shape index (κ3) is 5.17. The molecule has 0 saturated carbocycles. The van der Waals surface area contributed by atoms with Crippen molar-refractivity contribution in [3.8, 4) is 5.75 Å². The number of benzene rings is 1. The number of thioether (sulfide) groups is 1. The molecule has 3 heterocycles. The van der Waals surface area contributed by atoms with E-state index in [2.05, 4.69) is 15.3 Å². The Labute approximate surface area is 209 Å². The molecule has 2 aromatic rings. The van der Waals surface area contributed by atoms with Crippen molar-refractivity contribution in [2.24, 2.45) is 5.73 Å². The Morgan fingerprint density at radius 3 is 2.50 bits per heavy atom. The Kier molecular flexibility index (Phi) is 6.98. The van der Waals surface area contributed by atoms with Gasteiger partial charge >= 0.3 is 6.18 Å². The standard InChI is InChI=1S/C22H25F3N8O2S/c1-35-15-4-2-14(3-5-15)33-11-13-10-29-20(30-12-22(23,24)25)31-16(13)21(17(33)34)6-8-32(9-7-21)19(28)36-18(26)27/h2-5,10,28H,6-9,11-12H2,1H3,(H3,26,27)(H,29,30,31). The molecule has 1 amide bonds. The molecule has 2 aliphatic rings. The zero-order valence-corrected chi connectivity index (χ0v) is 20.2. The van der Waals surface area contributed by atoms with Crippen molar-refractivity contribution in [3.63, 3.8) is 0 Å². The van der Waals surface area contributed by atoms with Crippen LogP contribution in [0, 0.1) is 10.8 Å². The third-order valence-electron chi connectivity index (χ3n) is 6.24. The van der Waals surface area contributed by atoms with Crippen LogP contribution in [-0.2, 0) is 16.8 Å². The number of carbonyl (C=O) groups is 1. The molecule has 0 radical (unpaired) electrons. The molecule has 2 aliphatic heterocycles. The van der Waals surface area contributed by atoms with Gasteiger partial charge in [0.15, 0.2) is 10.3 Å². The number of carbonyl (C=O) groups excluding carboxylic acids is 1. The van der Waals surface area contributed by atoms with E-state index in [0.717, 1.165) is 11.8 Å². The van der Waals surface area contributed by atoms with Crippen LogP contribution in [-0.4, -0.2) is 64.0 Å². The predicted octanol–water partition coefficient (Wildman–Crippen LogP) is 2.90. The van der Waals surface area contributed by atoms with Crippen molar-refractivity contribution >= 4 is 39.6 Å². The van der Waals surface area contributed by atoms with Gasteiger partial charge in [0.2, 0.25) is 11.9 Å². The number of methoxy groups -OCH3 is 1. The number of nitrogens with zero attached hydrogens (tertiary/aromatic N) is 4. The van der Waals surface area contributed by atoms with Crippen LogP contribution in [0.15, 0.2) is 30.5 Å². The fourth-order valence-corrected chi connectivity index (χ4v) is 5.00. The Morgan fingerprint density at radius 2 is 1.92 bits per heavy atom. The van der Waals surface area contributed by atoms with Gasteiger partial charge in [-0.3, -0.25) is 15.6 Å². The largest absolute Gasteiger partial charge is 0.497 e. The second-order valence-electron chi connectivity index (χ2n) is 8.47. The average Bonchev–Trinajstić information content (AvgIpc) is 2.85. The van der Waals surface area contributed by atoms with Crippen LogP contribution in [0.1, 0.15) is 24.1 Å². The molecule has 0 unspecified atom stereocenters. The molecule has 0 aliphatic carbocycles. The lowest BCUT2D eigenvalue weighted by Gasteiger charge is -2.46. The number of hydrogen-bond acceptors (Lipinski definition) is 8. The number of likely N-dealkylation sites (tertiary alicyclic amines) is 1. The SMILES string of the molecule is COc1ccc(N2Cc3cnc(NCC(F)(F)F)nc3C3(CCN(C(=N)SC(=N)N)CC3)C2=O)cc1. The van der Waals surface area contributed by atoms with Crippen molar-refractivity contribution < 1.29 is 22.7 Å². The molecule has 14 heteroatoms. The van der Waals surface area contributed by atoms with E-state index in [-0.39, 0.29) is 41.6 Å². The Balaban J connectivity index is 1.69. The summed E-state index contributed by atoms with van der Waals surface area (Å²) in [5.41, 5.74) is 5.99. The summed E-state index contributed by atoms with van der Waals surface area (Å²) in [4.78, 5) is 25.8. The summed E-state index contributed by atoms with van der Waals surface area (Å²) in [6.45, 7) is -0.494. The lowest BCUT2D eigenvalue weighted by Crippen LogP contribution is -2.57. The summed E-state index contributed by atoms with van der Waals surface area (Å²) in [5, 5.41) is 17.7. The molecule has 4 rings (SSSR count). The van der Waals surface area contributed by atoms with Crippen LogP contribution in [0.2, 0.25) is 0 Å². The summed E-state index contributed by atoms with van der Waals surface area (Å²) in [5.74, 6) is 0.223. The lowest BCUT2D eigenvalue weighted by atomic mass is 9.71. The molecule has 1 aromatic carbocycles. The monoisotopic (exact) mass is 522 g/mol.